The van der Waals surface area contributed by atoms with Crippen molar-refractivity contribution in [1.29, 1.82) is 0 Å². The highest BCUT2D eigenvalue weighted by atomic mass is 79.9. The van der Waals surface area contributed by atoms with E-state index < -0.39 is 21.6 Å². The van der Waals surface area contributed by atoms with Crippen molar-refractivity contribution in [3.8, 4) is 0 Å². The highest BCUT2D eigenvalue weighted by Gasteiger charge is 2.28. The topological polar surface area (TPSA) is 104 Å². The molecule has 0 aromatic carbocycles. The molecule has 0 aliphatic carbocycles. The van der Waals surface area contributed by atoms with Crippen LogP contribution in [0.5, 0.6) is 0 Å². The van der Waals surface area contributed by atoms with Gasteiger partial charge in [-0.05, 0) is 41.3 Å². The summed E-state index contributed by atoms with van der Waals surface area (Å²) in [5.41, 5.74) is -1.17. The minimum absolute atomic E-state index is 0.0730. The van der Waals surface area contributed by atoms with Crippen LogP contribution in [0.2, 0.25) is 0 Å². The van der Waals surface area contributed by atoms with Gasteiger partial charge in [0.05, 0.1) is 9.39 Å². The van der Waals surface area contributed by atoms with Crippen LogP contribution in [0.3, 0.4) is 0 Å². The first kappa shape index (κ1) is 18.6. The van der Waals surface area contributed by atoms with E-state index in [-0.39, 0.29) is 26.0 Å². The van der Waals surface area contributed by atoms with Crippen molar-refractivity contribution < 1.29 is 23.4 Å². The summed E-state index contributed by atoms with van der Waals surface area (Å²) >= 11 is 3.88. The van der Waals surface area contributed by atoms with Crippen molar-refractivity contribution in [1.82, 2.24) is 4.72 Å². The van der Waals surface area contributed by atoms with Gasteiger partial charge in [-0.3, -0.25) is 0 Å². The number of halogens is 1. The molecule has 1 rings (SSSR count). The summed E-state index contributed by atoms with van der Waals surface area (Å²) < 4.78 is 26.9. The lowest BCUT2D eigenvalue weighted by atomic mass is 9.95. The van der Waals surface area contributed by atoms with Gasteiger partial charge in [0.25, 0.3) is 0 Å². The van der Waals surface area contributed by atoms with Crippen LogP contribution in [-0.4, -0.2) is 36.7 Å². The summed E-state index contributed by atoms with van der Waals surface area (Å²) in [6.07, 6.45) is 0.445. The number of thiophene rings is 1. The second-order valence-corrected chi connectivity index (χ2v) is 9.58. The molecule has 21 heavy (non-hydrogen) atoms. The third-order valence-corrected chi connectivity index (χ3v) is 6.29. The fourth-order valence-electron chi connectivity index (χ4n) is 1.92. The lowest BCUT2D eigenvalue weighted by Gasteiger charge is -2.25. The Hall–Kier alpha value is -0.480. The molecule has 0 saturated carbocycles. The highest BCUT2D eigenvalue weighted by molar-refractivity contribution is 9.11. The number of nitrogens with one attached hydrogen (secondary N) is 1. The molecule has 120 valence electrons. The van der Waals surface area contributed by atoms with Crippen molar-refractivity contribution >= 4 is 43.3 Å². The van der Waals surface area contributed by atoms with E-state index in [9.17, 15) is 18.3 Å². The molecule has 1 heterocycles. The van der Waals surface area contributed by atoms with Crippen LogP contribution < -0.4 is 4.72 Å². The molecule has 1 unspecified atom stereocenters. The molecule has 1 atom stereocenters. The Kier molecular flexibility index (Phi) is 5.96. The predicted octanol–water partition coefficient (Wildman–Crippen LogP) is 2.28. The quantitative estimate of drug-likeness (QED) is 0.652. The number of hydrogen-bond donors (Lipinski definition) is 3. The molecule has 1 aromatic rings. The second kappa shape index (κ2) is 6.74. The van der Waals surface area contributed by atoms with Crippen LogP contribution in [0.4, 0.5) is 0 Å². The van der Waals surface area contributed by atoms with Gasteiger partial charge in [-0.2, -0.15) is 0 Å². The van der Waals surface area contributed by atoms with Crippen LogP contribution in [-0.2, 0) is 10.0 Å². The van der Waals surface area contributed by atoms with Gasteiger partial charge in [0.15, 0.2) is 0 Å². The Morgan fingerprint density at radius 2 is 2.10 bits per heavy atom. The van der Waals surface area contributed by atoms with Crippen LogP contribution in [0.15, 0.2) is 14.7 Å². The summed E-state index contributed by atoms with van der Waals surface area (Å²) in [5, 5.41) is 19.0. The first-order chi connectivity index (χ1) is 9.44. The van der Waals surface area contributed by atoms with Gasteiger partial charge in [0, 0.05) is 6.54 Å². The van der Waals surface area contributed by atoms with Gasteiger partial charge in [-0.1, -0.05) is 13.8 Å². The fourth-order valence-corrected chi connectivity index (χ4v) is 5.48. The summed E-state index contributed by atoms with van der Waals surface area (Å²) in [5.74, 6) is -0.968. The van der Waals surface area contributed by atoms with Crippen LogP contribution in [0.1, 0.15) is 36.9 Å². The Bertz CT molecular complexity index is 622. The molecule has 0 amide bonds. The highest BCUT2D eigenvalue weighted by Crippen LogP contribution is 2.31. The molecule has 0 aliphatic rings. The van der Waals surface area contributed by atoms with E-state index >= 15 is 0 Å². The van der Waals surface area contributed by atoms with E-state index in [0.717, 1.165) is 17.4 Å². The molecule has 0 radical (unpaired) electrons. The maximum absolute atomic E-state index is 12.2. The standard InChI is InChI=1S/C12H18BrNO5S2/c1-7(2)5-12(3,17)6-14-21(18,19)9-4-8(11(15)16)20-10(9)13/h4,7,14,17H,5-6H2,1-3H3,(H,15,16). The molecule has 3 N–H and O–H groups in total. The zero-order valence-electron chi connectivity index (χ0n) is 11.9. The number of carbonyl (C=O) groups is 1. The van der Waals surface area contributed by atoms with Gasteiger partial charge in [-0.25, -0.2) is 17.9 Å². The zero-order valence-corrected chi connectivity index (χ0v) is 15.1. The smallest absolute Gasteiger partial charge is 0.345 e. The summed E-state index contributed by atoms with van der Waals surface area (Å²) in [6.45, 7) is 5.27. The van der Waals surface area contributed by atoms with E-state index in [0.29, 0.717) is 6.42 Å². The number of carboxylic acids is 1. The van der Waals surface area contributed by atoms with Crippen LogP contribution >= 0.6 is 27.3 Å². The Labute approximate surface area is 136 Å². The minimum Gasteiger partial charge on any atom is -0.477 e. The van der Waals surface area contributed by atoms with Gasteiger partial charge in [-0.15, -0.1) is 11.3 Å². The molecule has 0 spiro atoms. The number of aliphatic hydroxyl groups is 1. The Morgan fingerprint density at radius 3 is 2.52 bits per heavy atom. The van der Waals surface area contributed by atoms with Gasteiger partial charge in [0.1, 0.15) is 9.77 Å². The van der Waals surface area contributed by atoms with E-state index in [4.69, 9.17) is 5.11 Å². The molecule has 0 bridgehead atoms. The SMILES string of the molecule is CC(C)CC(C)(O)CNS(=O)(=O)c1cc(C(=O)O)sc1Br. The average molecular weight is 400 g/mol. The maximum Gasteiger partial charge on any atom is 0.345 e. The lowest BCUT2D eigenvalue weighted by molar-refractivity contribution is 0.0436. The molecule has 6 nitrogen and oxygen atoms in total. The number of carboxylic acid groups (broad SMARTS) is 1. The number of rotatable bonds is 7. The largest absolute Gasteiger partial charge is 0.477 e. The third kappa shape index (κ3) is 5.33. The van der Waals surface area contributed by atoms with Crippen molar-refractivity contribution in [2.75, 3.05) is 6.54 Å². The Morgan fingerprint density at radius 1 is 1.52 bits per heavy atom. The van der Waals surface area contributed by atoms with E-state index in [1.165, 1.54) is 0 Å². The molecule has 9 heteroatoms. The lowest BCUT2D eigenvalue weighted by Crippen LogP contribution is -2.41. The maximum atomic E-state index is 12.2. The first-order valence-electron chi connectivity index (χ1n) is 6.19. The molecular weight excluding hydrogens is 382 g/mol. The molecular formula is C12H18BrNO5S2. The number of sulfonamides is 1. The minimum atomic E-state index is -3.88. The van der Waals surface area contributed by atoms with Gasteiger partial charge >= 0.3 is 5.97 Å². The van der Waals surface area contributed by atoms with E-state index in [1.807, 2.05) is 13.8 Å². The molecule has 0 fully saturated rings. The van der Waals surface area contributed by atoms with Crippen molar-refractivity contribution in [2.45, 2.75) is 37.7 Å². The molecule has 1 aromatic heterocycles. The summed E-state index contributed by atoms with van der Waals surface area (Å²) in [4.78, 5) is 10.7. The van der Waals surface area contributed by atoms with Crippen molar-refractivity contribution in [3.63, 3.8) is 0 Å². The van der Waals surface area contributed by atoms with Crippen LogP contribution in [0.25, 0.3) is 0 Å². The first-order valence-corrected chi connectivity index (χ1v) is 9.28. The molecule has 0 aliphatic heterocycles. The fraction of sp³-hybridized carbons (Fsp3) is 0.583. The summed E-state index contributed by atoms with van der Waals surface area (Å²) in [6, 6.07) is 1.09. The molecule has 0 saturated heterocycles. The number of aromatic carboxylic acids is 1. The van der Waals surface area contributed by atoms with E-state index in [1.54, 1.807) is 6.92 Å². The van der Waals surface area contributed by atoms with Gasteiger partial charge < -0.3 is 10.2 Å². The monoisotopic (exact) mass is 399 g/mol. The zero-order chi connectivity index (χ0) is 16.4. The van der Waals surface area contributed by atoms with Crippen molar-refractivity contribution in [3.05, 3.63) is 14.7 Å². The average Bonchev–Trinajstić information content (AvgIpc) is 2.68. The predicted molar refractivity (Wildman–Crippen MR) is 84.2 cm³/mol. The van der Waals surface area contributed by atoms with E-state index in [2.05, 4.69) is 20.7 Å². The second-order valence-electron chi connectivity index (χ2n) is 5.47. The summed E-state index contributed by atoms with van der Waals surface area (Å²) in [7, 11) is -3.88. The third-order valence-electron chi connectivity index (χ3n) is 2.65. The normalized spacial score (nSPS) is 15.1. The Balaban J connectivity index is 2.90. The van der Waals surface area contributed by atoms with Crippen LogP contribution in [0, 0.1) is 5.92 Å². The number of hydrogen-bond acceptors (Lipinski definition) is 5. The van der Waals surface area contributed by atoms with Gasteiger partial charge in [0.2, 0.25) is 10.0 Å². The van der Waals surface area contributed by atoms with Crippen molar-refractivity contribution in [2.24, 2.45) is 5.92 Å².